The summed E-state index contributed by atoms with van der Waals surface area (Å²) in [6.45, 7) is 0. The molecule has 0 saturated carbocycles. The van der Waals surface area contributed by atoms with Crippen LogP contribution < -0.4 is 5.56 Å². The molecule has 78 valence electrons. The molecule has 0 atom stereocenters. The van der Waals surface area contributed by atoms with Crippen LogP contribution in [0.2, 0.25) is 0 Å². The van der Waals surface area contributed by atoms with Gasteiger partial charge in [-0.25, -0.2) is 0 Å². The van der Waals surface area contributed by atoms with Gasteiger partial charge in [0.05, 0.1) is 0 Å². The normalized spacial score (nSPS) is 9.75. The van der Waals surface area contributed by atoms with Crippen LogP contribution in [-0.2, 0) is 7.05 Å². The molecule has 0 saturated heterocycles. The van der Waals surface area contributed by atoms with Gasteiger partial charge >= 0.3 is 0 Å². The van der Waals surface area contributed by atoms with Crippen molar-refractivity contribution in [3.05, 3.63) is 52.7 Å². The van der Waals surface area contributed by atoms with Crippen LogP contribution >= 0.6 is 0 Å². The highest BCUT2D eigenvalue weighted by Gasteiger charge is 2.05. The molecule has 16 heavy (non-hydrogen) atoms. The Bertz CT molecular complexity index is 608. The lowest BCUT2D eigenvalue weighted by atomic mass is 10.1. The Hall–Kier alpha value is -2.41. The van der Waals surface area contributed by atoms with E-state index in [1.54, 1.807) is 31.7 Å². The van der Waals surface area contributed by atoms with Crippen LogP contribution in [0.15, 0.2) is 41.6 Å². The average molecular weight is 211 g/mol. The Labute approximate surface area is 92.4 Å². The number of hydrogen-bond acceptors (Lipinski definition) is 3. The number of pyridine rings is 2. The lowest BCUT2D eigenvalue weighted by Gasteiger charge is -2.04. The quantitative estimate of drug-likeness (QED) is 0.714. The van der Waals surface area contributed by atoms with E-state index in [4.69, 9.17) is 5.26 Å². The number of hydrogen-bond donors (Lipinski definition) is 0. The van der Waals surface area contributed by atoms with E-state index >= 15 is 0 Å². The molecule has 0 aliphatic heterocycles. The van der Waals surface area contributed by atoms with Crippen molar-refractivity contribution in [3.8, 4) is 17.2 Å². The van der Waals surface area contributed by atoms with E-state index in [2.05, 4.69) is 4.98 Å². The van der Waals surface area contributed by atoms with Crippen LogP contribution in [0.5, 0.6) is 0 Å². The second-order valence-corrected chi connectivity index (χ2v) is 3.41. The summed E-state index contributed by atoms with van der Waals surface area (Å²) in [6, 6.07) is 7.16. The minimum absolute atomic E-state index is 0.150. The molecule has 0 radical (unpaired) electrons. The van der Waals surface area contributed by atoms with Crippen molar-refractivity contribution in [2.24, 2.45) is 7.05 Å². The Morgan fingerprint density at radius 2 is 2.00 bits per heavy atom. The maximum atomic E-state index is 11.5. The van der Waals surface area contributed by atoms with Crippen molar-refractivity contribution in [1.82, 2.24) is 9.55 Å². The van der Waals surface area contributed by atoms with Crippen molar-refractivity contribution in [2.45, 2.75) is 0 Å². The van der Waals surface area contributed by atoms with Gasteiger partial charge in [-0.15, -0.1) is 0 Å². The van der Waals surface area contributed by atoms with Crippen molar-refractivity contribution < 1.29 is 0 Å². The van der Waals surface area contributed by atoms with Gasteiger partial charge in [0, 0.05) is 25.6 Å². The van der Waals surface area contributed by atoms with Crippen molar-refractivity contribution in [2.75, 3.05) is 0 Å². The molecular formula is C12H9N3O. The predicted molar refractivity (Wildman–Crippen MR) is 59.6 cm³/mol. The first-order valence-electron chi connectivity index (χ1n) is 4.73. The fourth-order valence-electron chi connectivity index (χ4n) is 1.49. The van der Waals surface area contributed by atoms with Gasteiger partial charge in [0.1, 0.15) is 11.6 Å². The standard InChI is InChI=1S/C12H9N3O/c1-15-8-11(6-10(7-13)12(15)16)9-2-4-14-5-3-9/h2-6,8H,1H3. The van der Waals surface area contributed by atoms with E-state index in [1.807, 2.05) is 18.2 Å². The summed E-state index contributed by atoms with van der Waals surface area (Å²) in [7, 11) is 1.63. The molecule has 4 nitrogen and oxygen atoms in total. The first-order chi connectivity index (χ1) is 7.72. The molecule has 0 unspecified atom stereocenters. The van der Waals surface area contributed by atoms with Crippen molar-refractivity contribution >= 4 is 0 Å². The molecule has 0 amide bonds. The van der Waals surface area contributed by atoms with Crippen molar-refractivity contribution in [1.29, 1.82) is 5.26 Å². The highest BCUT2D eigenvalue weighted by Crippen LogP contribution is 2.17. The van der Waals surface area contributed by atoms with E-state index in [0.29, 0.717) is 0 Å². The Kier molecular flexibility index (Phi) is 2.52. The van der Waals surface area contributed by atoms with Crippen LogP contribution in [0.1, 0.15) is 5.56 Å². The molecule has 0 spiro atoms. The second-order valence-electron chi connectivity index (χ2n) is 3.41. The van der Waals surface area contributed by atoms with E-state index in [0.717, 1.165) is 11.1 Å². The fourth-order valence-corrected chi connectivity index (χ4v) is 1.49. The van der Waals surface area contributed by atoms with E-state index in [-0.39, 0.29) is 11.1 Å². The first kappa shape index (κ1) is 10.1. The van der Waals surface area contributed by atoms with Crippen LogP contribution in [0.25, 0.3) is 11.1 Å². The van der Waals surface area contributed by atoms with Gasteiger partial charge in [0.25, 0.3) is 5.56 Å². The minimum Gasteiger partial charge on any atom is -0.317 e. The molecule has 0 N–H and O–H groups in total. The second kappa shape index (κ2) is 3.99. The molecule has 2 aromatic heterocycles. The highest BCUT2D eigenvalue weighted by atomic mass is 16.1. The topological polar surface area (TPSA) is 58.7 Å². The summed E-state index contributed by atoms with van der Waals surface area (Å²) in [6.07, 6.45) is 5.05. The van der Waals surface area contributed by atoms with Gasteiger partial charge in [0.2, 0.25) is 0 Å². The Morgan fingerprint density at radius 1 is 1.31 bits per heavy atom. The number of aromatic nitrogens is 2. The highest BCUT2D eigenvalue weighted by molar-refractivity contribution is 5.63. The molecular weight excluding hydrogens is 202 g/mol. The summed E-state index contributed by atoms with van der Waals surface area (Å²) in [4.78, 5) is 15.4. The SMILES string of the molecule is Cn1cc(-c2ccncc2)cc(C#N)c1=O. The van der Waals surface area contributed by atoms with Gasteiger partial charge in [-0.1, -0.05) is 0 Å². The third kappa shape index (κ3) is 1.71. The van der Waals surface area contributed by atoms with E-state index < -0.39 is 0 Å². The van der Waals surface area contributed by atoms with Crippen LogP contribution in [0, 0.1) is 11.3 Å². The molecule has 0 aliphatic rings. The Morgan fingerprint density at radius 3 is 2.62 bits per heavy atom. The number of nitriles is 1. The maximum Gasteiger partial charge on any atom is 0.268 e. The number of nitrogens with zero attached hydrogens (tertiary/aromatic N) is 3. The maximum absolute atomic E-state index is 11.5. The van der Waals surface area contributed by atoms with E-state index in [1.165, 1.54) is 4.57 Å². The summed E-state index contributed by atoms with van der Waals surface area (Å²) < 4.78 is 1.41. The van der Waals surface area contributed by atoms with E-state index in [9.17, 15) is 4.79 Å². The molecule has 2 rings (SSSR count). The Balaban J connectivity index is 2.66. The zero-order valence-corrected chi connectivity index (χ0v) is 8.71. The zero-order chi connectivity index (χ0) is 11.5. The lowest BCUT2D eigenvalue weighted by molar-refractivity contribution is 0.857. The number of aryl methyl sites for hydroxylation is 1. The largest absolute Gasteiger partial charge is 0.317 e. The molecule has 0 fully saturated rings. The average Bonchev–Trinajstić information content (AvgIpc) is 2.33. The summed E-state index contributed by atoms with van der Waals surface area (Å²) in [5.41, 5.74) is 1.64. The smallest absolute Gasteiger partial charge is 0.268 e. The predicted octanol–water partition coefficient (Wildman–Crippen LogP) is 1.32. The van der Waals surface area contributed by atoms with Gasteiger partial charge in [-0.2, -0.15) is 5.26 Å². The third-order valence-corrected chi connectivity index (χ3v) is 2.32. The molecule has 0 bridgehead atoms. The molecule has 2 aromatic rings. The summed E-state index contributed by atoms with van der Waals surface area (Å²) >= 11 is 0. The van der Waals surface area contributed by atoms with Crippen LogP contribution in [0.4, 0.5) is 0 Å². The molecule has 0 aliphatic carbocycles. The van der Waals surface area contributed by atoms with Gasteiger partial charge in [-0.05, 0) is 29.3 Å². The van der Waals surface area contributed by atoms with Gasteiger partial charge in [0.15, 0.2) is 0 Å². The van der Waals surface area contributed by atoms with Crippen molar-refractivity contribution in [3.63, 3.8) is 0 Å². The molecule has 0 aromatic carbocycles. The van der Waals surface area contributed by atoms with Gasteiger partial charge in [-0.3, -0.25) is 9.78 Å². The summed E-state index contributed by atoms with van der Waals surface area (Å²) in [5, 5.41) is 8.84. The minimum atomic E-state index is -0.277. The molecule has 2 heterocycles. The van der Waals surface area contributed by atoms with Gasteiger partial charge < -0.3 is 4.57 Å². The monoisotopic (exact) mass is 211 g/mol. The lowest BCUT2D eigenvalue weighted by Crippen LogP contribution is -2.18. The van der Waals surface area contributed by atoms with Crippen LogP contribution in [-0.4, -0.2) is 9.55 Å². The van der Waals surface area contributed by atoms with Crippen LogP contribution in [0.3, 0.4) is 0 Å². The molecule has 4 heteroatoms. The zero-order valence-electron chi connectivity index (χ0n) is 8.71. The first-order valence-corrected chi connectivity index (χ1v) is 4.73. The number of rotatable bonds is 1. The third-order valence-electron chi connectivity index (χ3n) is 2.32. The fraction of sp³-hybridized carbons (Fsp3) is 0.0833. The summed E-state index contributed by atoms with van der Waals surface area (Å²) in [5.74, 6) is 0.